The topological polar surface area (TPSA) is 32.3 Å². The molecule has 1 aromatic rings. The predicted octanol–water partition coefficient (Wildman–Crippen LogP) is 2.06. The summed E-state index contributed by atoms with van der Waals surface area (Å²) in [5, 5.41) is 3.45. The fourth-order valence-electron chi connectivity index (χ4n) is 1.57. The maximum atomic E-state index is 11.6. The number of rotatable bonds is 4. The third-order valence-electron chi connectivity index (χ3n) is 2.78. The zero-order valence-electron chi connectivity index (χ0n) is 10.3. The molecule has 0 atom stereocenters. The van der Waals surface area contributed by atoms with Gasteiger partial charge >= 0.3 is 0 Å². The highest BCUT2D eigenvalue weighted by Gasteiger charge is 2.19. The van der Waals surface area contributed by atoms with E-state index in [0.717, 1.165) is 18.2 Å². The zero-order valence-corrected chi connectivity index (χ0v) is 11.1. The molecule has 1 aliphatic rings. The summed E-state index contributed by atoms with van der Waals surface area (Å²) in [6, 6.07) is 8.56. The minimum Gasteiger partial charge on any atom is -0.345 e. The SMILES string of the molecule is CN(C)C(=O)c1ccc(CNC2CC2)cc1.Cl. The monoisotopic (exact) mass is 254 g/mol. The van der Waals surface area contributed by atoms with Gasteiger partial charge in [-0.3, -0.25) is 4.79 Å². The van der Waals surface area contributed by atoms with E-state index >= 15 is 0 Å². The van der Waals surface area contributed by atoms with E-state index < -0.39 is 0 Å². The molecule has 0 unspecified atom stereocenters. The van der Waals surface area contributed by atoms with Crippen molar-refractivity contribution in [3.05, 3.63) is 35.4 Å². The van der Waals surface area contributed by atoms with Crippen molar-refractivity contribution < 1.29 is 4.79 Å². The Morgan fingerprint density at radius 3 is 2.35 bits per heavy atom. The molecular weight excluding hydrogens is 236 g/mol. The molecule has 0 radical (unpaired) electrons. The summed E-state index contributed by atoms with van der Waals surface area (Å²) in [4.78, 5) is 13.2. The number of amides is 1. The van der Waals surface area contributed by atoms with Crippen molar-refractivity contribution >= 4 is 18.3 Å². The van der Waals surface area contributed by atoms with Crippen LogP contribution in [0.15, 0.2) is 24.3 Å². The fraction of sp³-hybridized carbons (Fsp3) is 0.462. The van der Waals surface area contributed by atoms with Crippen LogP contribution in [-0.2, 0) is 6.54 Å². The van der Waals surface area contributed by atoms with Crippen LogP contribution in [0.25, 0.3) is 0 Å². The third-order valence-corrected chi connectivity index (χ3v) is 2.78. The summed E-state index contributed by atoms with van der Waals surface area (Å²) in [6.07, 6.45) is 2.61. The molecule has 4 heteroatoms. The van der Waals surface area contributed by atoms with Crippen molar-refractivity contribution in [3.63, 3.8) is 0 Å². The van der Waals surface area contributed by atoms with Gasteiger partial charge < -0.3 is 10.2 Å². The highest BCUT2D eigenvalue weighted by Crippen LogP contribution is 2.19. The van der Waals surface area contributed by atoms with Crippen LogP contribution in [0.5, 0.6) is 0 Å². The summed E-state index contributed by atoms with van der Waals surface area (Å²) >= 11 is 0. The predicted molar refractivity (Wildman–Crippen MR) is 71.6 cm³/mol. The lowest BCUT2D eigenvalue weighted by Gasteiger charge is -2.10. The van der Waals surface area contributed by atoms with Gasteiger partial charge in [0.1, 0.15) is 0 Å². The standard InChI is InChI=1S/C13H18N2O.ClH/c1-15(2)13(16)11-5-3-10(4-6-11)9-14-12-7-8-12;/h3-6,12,14H,7-9H2,1-2H3;1H. The highest BCUT2D eigenvalue weighted by molar-refractivity contribution is 5.93. The van der Waals surface area contributed by atoms with Crippen LogP contribution in [0.2, 0.25) is 0 Å². The molecule has 94 valence electrons. The molecule has 1 amide bonds. The van der Waals surface area contributed by atoms with Crippen molar-refractivity contribution in [2.75, 3.05) is 14.1 Å². The first-order chi connectivity index (χ1) is 7.66. The maximum absolute atomic E-state index is 11.6. The Morgan fingerprint density at radius 2 is 1.88 bits per heavy atom. The maximum Gasteiger partial charge on any atom is 0.253 e. The first-order valence-electron chi connectivity index (χ1n) is 5.71. The summed E-state index contributed by atoms with van der Waals surface area (Å²) in [6.45, 7) is 0.904. The zero-order chi connectivity index (χ0) is 11.5. The lowest BCUT2D eigenvalue weighted by atomic mass is 10.1. The minimum absolute atomic E-state index is 0. The molecule has 17 heavy (non-hydrogen) atoms. The van der Waals surface area contributed by atoms with Gasteiger partial charge in [-0.2, -0.15) is 0 Å². The van der Waals surface area contributed by atoms with Gasteiger partial charge in [0.25, 0.3) is 5.91 Å². The van der Waals surface area contributed by atoms with E-state index in [0.29, 0.717) is 0 Å². The average molecular weight is 255 g/mol. The van der Waals surface area contributed by atoms with Gasteiger partial charge in [0.2, 0.25) is 0 Å². The van der Waals surface area contributed by atoms with Crippen molar-refractivity contribution in [2.24, 2.45) is 0 Å². The number of hydrogen-bond donors (Lipinski definition) is 1. The second kappa shape index (κ2) is 6.03. The van der Waals surface area contributed by atoms with E-state index in [1.807, 2.05) is 24.3 Å². The Balaban J connectivity index is 0.00000144. The van der Waals surface area contributed by atoms with Crippen LogP contribution in [-0.4, -0.2) is 30.9 Å². The van der Waals surface area contributed by atoms with E-state index in [-0.39, 0.29) is 18.3 Å². The molecule has 3 nitrogen and oxygen atoms in total. The smallest absolute Gasteiger partial charge is 0.253 e. The Labute approximate surface area is 109 Å². The Kier molecular flexibility index (Phi) is 4.97. The molecule has 0 aliphatic heterocycles. The molecule has 1 aromatic carbocycles. The van der Waals surface area contributed by atoms with E-state index in [9.17, 15) is 4.79 Å². The van der Waals surface area contributed by atoms with Crippen LogP contribution in [0.3, 0.4) is 0 Å². The Morgan fingerprint density at radius 1 is 1.29 bits per heavy atom. The van der Waals surface area contributed by atoms with Crippen LogP contribution >= 0.6 is 12.4 Å². The number of halogens is 1. The van der Waals surface area contributed by atoms with E-state index in [2.05, 4.69) is 5.32 Å². The number of benzene rings is 1. The van der Waals surface area contributed by atoms with E-state index in [1.165, 1.54) is 18.4 Å². The molecule has 0 saturated heterocycles. The van der Waals surface area contributed by atoms with Crippen LogP contribution < -0.4 is 5.32 Å². The fourth-order valence-corrected chi connectivity index (χ4v) is 1.57. The van der Waals surface area contributed by atoms with Gasteiger partial charge in [-0.05, 0) is 30.5 Å². The molecule has 1 aliphatic carbocycles. The largest absolute Gasteiger partial charge is 0.345 e. The average Bonchev–Trinajstić information content (AvgIpc) is 3.10. The summed E-state index contributed by atoms with van der Waals surface area (Å²) < 4.78 is 0. The number of carbonyl (C=O) groups excluding carboxylic acids is 1. The van der Waals surface area contributed by atoms with Gasteiger partial charge in [-0.1, -0.05) is 12.1 Å². The van der Waals surface area contributed by atoms with Crippen LogP contribution in [0.1, 0.15) is 28.8 Å². The number of hydrogen-bond acceptors (Lipinski definition) is 2. The number of nitrogens with one attached hydrogen (secondary N) is 1. The lowest BCUT2D eigenvalue weighted by Crippen LogP contribution is -2.21. The van der Waals surface area contributed by atoms with Crippen molar-refractivity contribution in [1.29, 1.82) is 0 Å². The van der Waals surface area contributed by atoms with Crippen molar-refractivity contribution in [1.82, 2.24) is 10.2 Å². The van der Waals surface area contributed by atoms with Crippen molar-refractivity contribution in [2.45, 2.75) is 25.4 Å². The molecule has 0 heterocycles. The van der Waals surface area contributed by atoms with E-state index in [4.69, 9.17) is 0 Å². The first-order valence-corrected chi connectivity index (χ1v) is 5.71. The Hall–Kier alpha value is -1.06. The molecule has 0 bridgehead atoms. The number of nitrogens with zero attached hydrogens (tertiary/aromatic N) is 1. The van der Waals surface area contributed by atoms with Crippen LogP contribution in [0, 0.1) is 0 Å². The first kappa shape index (κ1) is 14.0. The molecule has 1 N–H and O–H groups in total. The normalized spacial score (nSPS) is 14.0. The van der Waals surface area contributed by atoms with Gasteiger partial charge in [0.05, 0.1) is 0 Å². The van der Waals surface area contributed by atoms with E-state index in [1.54, 1.807) is 19.0 Å². The van der Waals surface area contributed by atoms with Crippen molar-refractivity contribution in [3.8, 4) is 0 Å². The lowest BCUT2D eigenvalue weighted by molar-refractivity contribution is 0.0827. The summed E-state index contributed by atoms with van der Waals surface area (Å²) in [5.74, 6) is 0.0571. The number of carbonyl (C=O) groups is 1. The summed E-state index contributed by atoms with van der Waals surface area (Å²) in [5.41, 5.74) is 1.99. The molecular formula is C13H19ClN2O. The van der Waals surface area contributed by atoms with Gasteiger partial charge in [0.15, 0.2) is 0 Å². The molecule has 2 rings (SSSR count). The minimum atomic E-state index is 0. The molecule has 0 aromatic heterocycles. The molecule has 1 saturated carbocycles. The molecule has 1 fully saturated rings. The third kappa shape index (κ3) is 4.02. The quantitative estimate of drug-likeness (QED) is 0.892. The van der Waals surface area contributed by atoms with Crippen LogP contribution in [0.4, 0.5) is 0 Å². The van der Waals surface area contributed by atoms with Gasteiger partial charge in [-0.15, -0.1) is 12.4 Å². The summed E-state index contributed by atoms with van der Waals surface area (Å²) in [7, 11) is 3.54. The second-order valence-electron chi connectivity index (χ2n) is 4.55. The van der Waals surface area contributed by atoms with Gasteiger partial charge in [0, 0.05) is 32.2 Å². The van der Waals surface area contributed by atoms with Gasteiger partial charge in [-0.25, -0.2) is 0 Å². The Bertz CT molecular complexity index is 372. The highest BCUT2D eigenvalue weighted by atomic mass is 35.5. The second-order valence-corrected chi connectivity index (χ2v) is 4.55. The molecule has 0 spiro atoms.